The fourth-order valence-corrected chi connectivity index (χ4v) is 6.39. The van der Waals surface area contributed by atoms with E-state index in [0.717, 1.165) is 11.3 Å². The first-order valence-corrected chi connectivity index (χ1v) is 11.1. The number of benzene rings is 2. The van der Waals surface area contributed by atoms with Gasteiger partial charge in [0.2, 0.25) is 9.84 Å². The lowest BCUT2D eigenvalue weighted by Crippen LogP contribution is -2.01. The Morgan fingerprint density at radius 2 is 1.41 bits per heavy atom. The highest BCUT2D eigenvalue weighted by atomic mass is 35.5. The molecule has 3 nitrogen and oxygen atoms in total. The van der Waals surface area contributed by atoms with E-state index in [1.165, 1.54) is 12.1 Å². The SMILES string of the molecule is O=S(=O)(c1ccc(Cl)cc1)c1sc2nccc(Cl)c2c1-c1ccc(Cl)cc1. The predicted molar refractivity (Wildman–Crippen MR) is 112 cm³/mol. The molecule has 0 fully saturated rings. The van der Waals surface area contributed by atoms with Crippen LogP contribution in [0.3, 0.4) is 0 Å². The number of rotatable bonds is 3. The van der Waals surface area contributed by atoms with Gasteiger partial charge in [-0.15, -0.1) is 11.3 Å². The second kappa shape index (κ2) is 7.08. The maximum atomic E-state index is 13.4. The Morgan fingerprint density at radius 1 is 0.815 bits per heavy atom. The van der Waals surface area contributed by atoms with Gasteiger partial charge in [-0.2, -0.15) is 0 Å². The summed E-state index contributed by atoms with van der Waals surface area (Å²) in [6.45, 7) is 0. The minimum atomic E-state index is -3.80. The molecule has 0 saturated carbocycles. The number of pyridine rings is 1. The minimum Gasteiger partial charge on any atom is -0.245 e. The van der Waals surface area contributed by atoms with E-state index in [1.807, 2.05) is 0 Å². The highest BCUT2D eigenvalue weighted by Crippen LogP contribution is 2.45. The Morgan fingerprint density at radius 3 is 2.04 bits per heavy atom. The van der Waals surface area contributed by atoms with Crippen LogP contribution in [0.15, 0.2) is 69.9 Å². The van der Waals surface area contributed by atoms with Crippen LogP contribution in [0.4, 0.5) is 0 Å². The quantitative estimate of drug-likeness (QED) is 0.344. The van der Waals surface area contributed by atoms with Crippen LogP contribution in [0.25, 0.3) is 21.3 Å². The van der Waals surface area contributed by atoms with E-state index in [9.17, 15) is 8.42 Å². The number of nitrogens with zero attached hydrogens (tertiary/aromatic N) is 1. The van der Waals surface area contributed by atoms with Crippen LogP contribution in [-0.4, -0.2) is 13.4 Å². The summed E-state index contributed by atoms with van der Waals surface area (Å²) in [5.41, 5.74) is 1.23. The highest BCUT2D eigenvalue weighted by Gasteiger charge is 2.28. The summed E-state index contributed by atoms with van der Waals surface area (Å²) in [6.07, 6.45) is 1.56. The van der Waals surface area contributed by atoms with Gasteiger partial charge in [0.05, 0.1) is 9.92 Å². The fourth-order valence-electron chi connectivity index (χ4n) is 2.75. The average molecular weight is 455 g/mol. The molecule has 0 spiro atoms. The Balaban J connectivity index is 2.06. The minimum absolute atomic E-state index is 0.157. The summed E-state index contributed by atoms with van der Waals surface area (Å²) in [5, 5.41) is 2.08. The van der Waals surface area contributed by atoms with Gasteiger partial charge in [0.25, 0.3) is 0 Å². The molecule has 0 aliphatic carbocycles. The molecule has 0 atom stereocenters. The van der Waals surface area contributed by atoms with Crippen molar-refractivity contribution in [2.24, 2.45) is 0 Å². The van der Waals surface area contributed by atoms with E-state index in [1.54, 1.807) is 48.7 Å². The predicted octanol–water partition coefficient (Wildman–Crippen LogP) is 6.76. The molecule has 0 bridgehead atoms. The number of aromatic nitrogens is 1. The fraction of sp³-hybridized carbons (Fsp3) is 0. The zero-order valence-electron chi connectivity index (χ0n) is 13.5. The van der Waals surface area contributed by atoms with Gasteiger partial charge < -0.3 is 0 Å². The summed E-state index contributed by atoms with van der Waals surface area (Å²) < 4.78 is 26.9. The van der Waals surface area contributed by atoms with Crippen LogP contribution in [-0.2, 0) is 9.84 Å². The van der Waals surface area contributed by atoms with Crippen LogP contribution in [0, 0.1) is 0 Å². The highest BCUT2D eigenvalue weighted by molar-refractivity contribution is 7.93. The molecule has 136 valence electrons. The van der Waals surface area contributed by atoms with Crippen molar-refractivity contribution in [3.63, 3.8) is 0 Å². The van der Waals surface area contributed by atoms with Gasteiger partial charge in [0.15, 0.2) is 0 Å². The van der Waals surface area contributed by atoms with Crippen LogP contribution in [0.2, 0.25) is 15.1 Å². The number of fused-ring (bicyclic) bond motifs is 1. The zero-order chi connectivity index (χ0) is 19.2. The molecular weight excluding hydrogens is 445 g/mol. The summed E-state index contributed by atoms with van der Waals surface area (Å²) >= 11 is 19.4. The third-order valence-electron chi connectivity index (χ3n) is 4.01. The molecule has 2 aromatic heterocycles. The van der Waals surface area contributed by atoms with Crippen molar-refractivity contribution in [2.75, 3.05) is 0 Å². The van der Waals surface area contributed by atoms with Crippen LogP contribution >= 0.6 is 46.1 Å². The average Bonchev–Trinajstić information content (AvgIpc) is 3.05. The molecule has 2 heterocycles. The number of hydrogen-bond donors (Lipinski definition) is 0. The Hall–Kier alpha value is -1.63. The molecule has 0 radical (unpaired) electrons. The zero-order valence-corrected chi connectivity index (χ0v) is 17.4. The van der Waals surface area contributed by atoms with Crippen molar-refractivity contribution in [1.29, 1.82) is 0 Å². The first-order valence-electron chi connectivity index (χ1n) is 7.71. The van der Waals surface area contributed by atoms with E-state index in [-0.39, 0.29) is 9.10 Å². The number of sulfone groups is 1. The molecule has 0 N–H and O–H groups in total. The van der Waals surface area contributed by atoms with Crippen molar-refractivity contribution in [2.45, 2.75) is 9.10 Å². The second-order valence-electron chi connectivity index (χ2n) is 5.70. The van der Waals surface area contributed by atoms with E-state index in [2.05, 4.69) is 4.98 Å². The first-order chi connectivity index (χ1) is 12.9. The van der Waals surface area contributed by atoms with Crippen LogP contribution < -0.4 is 0 Å². The van der Waals surface area contributed by atoms with Crippen molar-refractivity contribution in [1.82, 2.24) is 4.98 Å². The summed E-state index contributed by atoms with van der Waals surface area (Å²) in [4.78, 5) is 5.02. The first kappa shape index (κ1) is 18.7. The van der Waals surface area contributed by atoms with Crippen molar-refractivity contribution in [3.8, 4) is 11.1 Å². The van der Waals surface area contributed by atoms with Gasteiger partial charge in [-0.05, 0) is 48.0 Å². The summed E-state index contributed by atoms with van der Waals surface area (Å²) in [5.74, 6) is 0. The normalized spacial score (nSPS) is 11.8. The van der Waals surface area contributed by atoms with E-state index in [4.69, 9.17) is 34.8 Å². The Kier molecular flexibility index (Phi) is 4.91. The Labute approximate surface area is 175 Å². The molecular formula is C19H10Cl3NO2S2. The molecule has 4 rings (SSSR count). The standard InChI is InChI=1S/C19H10Cl3NO2S2/c20-12-3-1-11(2-4-12)16-17-15(22)9-10-23-18(17)26-19(16)27(24,25)14-7-5-13(21)6-8-14/h1-10H. The molecule has 4 aromatic rings. The maximum absolute atomic E-state index is 13.4. The van der Waals surface area contributed by atoms with Crippen molar-refractivity contribution < 1.29 is 8.42 Å². The maximum Gasteiger partial charge on any atom is 0.216 e. The van der Waals surface area contributed by atoms with E-state index >= 15 is 0 Å². The van der Waals surface area contributed by atoms with E-state index in [0.29, 0.717) is 36.4 Å². The lowest BCUT2D eigenvalue weighted by atomic mass is 10.1. The van der Waals surface area contributed by atoms with Gasteiger partial charge in [-0.1, -0.05) is 46.9 Å². The topological polar surface area (TPSA) is 47.0 Å². The molecule has 0 aliphatic heterocycles. The molecule has 27 heavy (non-hydrogen) atoms. The smallest absolute Gasteiger partial charge is 0.216 e. The third kappa shape index (κ3) is 3.35. The Bertz CT molecular complexity index is 1250. The lowest BCUT2D eigenvalue weighted by Gasteiger charge is -2.08. The van der Waals surface area contributed by atoms with Gasteiger partial charge in [0.1, 0.15) is 9.04 Å². The number of thiophene rings is 1. The van der Waals surface area contributed by atoms with Gasteiger partial charge >= 0.3 is 0 Å². The van der Waals surface area contributed by atoms with Crippen LogP contribution in [0.5, 0.6) is 0 Å². The molecule has 2 aromatic carbocycles. The molecule has 0 saturated heterocycles. The summed E-state index contributed by atoms with van der Waals surface area (Å²) in [7, 11) is -3.80. The van der Waals surface area contributed by atoms with Gasteiger partial charge in [0, 0.05) is 27.2 Å². The van der Waals surface area contributed by atoms with Crippen molar-refractivity contribution in [3.05, 3.63) is 75.9 Å². The summed E-state index contributed by atoms with van der Waals surface area (Å²) in [6, 6.07) is 14.7. The molecule has 0 amide bonds. The number of halogens is 3. The molecule has 0 unspecified atom stereocenters. The van der Waals surface area contributed by atoms with E-state index < -0.39 is 9.84 Å². The second-order valence-corrected chi connectivity index (χ2v) is 10.1. The monoisotopic (exact) mass is 453 g/mol. The third-order valence-corrected chi connectivity index (χ3v) is 8.21. The van der Waals surface area contributed by atoms with Crippen molar-refractivity contribution >= 4 is 66.2 Å². The van der Waals surface area contributed by atoms with Gasteiger partial charge in [-0.3, -0.25) is 0 Å². The van der Waals surface area contributed by atoms with Crippen LogP contribution in [0.1, 0.15) is 0 Å². The molecule has 8 heteroatoms. The van der Waals surface area contributed by atoms with Gasteiger partial charge in [-0.25, -0.2) is 13.4 Å². The number of hydrogen-bond acceptors (Lipinski definition) is 4. The lowest BCUT2D eigenvalue weighted by molar-refractivity contribution is 0.598. The largest absolute Gasteiger partial charge is 0.245 e. The molecule has 0 aliphatic rings.